The molecule has 6 heteroatoms. The van der Waals surface area contributed by atoms with E-state index >= 15 is 0 Å². The number of nitrogens with zero attached hydrogens (tertiary/aromatic N) is 3. The van der Waals surface area contributed by atoms with Crippen molar-refractivity contribution in [3.05, 3.63) is 33.9 Å². The summed E-state index contributed by atoms with van der Waals surface area (Å²) in [5.74, 6) is 0. The van der Waals surface area contributed by atoms with Gasteiger partial charge in [-0.25, -0.2) is 0 Å². The van der Waals surface area contributed by atoms with Gasteiger partial charge in [0.2, 0.25) is 0 Å². The number of anilines is 1. The van der Waals surface area contributed by atoms with Gasteiger partial charge in [0.1, 0.15) is 11.6 Å². The lowest BCUT2D eigenvalue weighted by molar-refractivity contribution is -0.385. The third-order valence-corrected chi connectivity index (χ3v) is 3.29. The van der Waals surface area contributed by atoms with E-state index in [0.29, 0.717) is 6.04 Å². The molecular formula is C13H16N4O2. The highest BCUT2D eigenvalue weighted by Gasteiger charge is 2.25. The molecule has 100 valence electrons. The van der Waals surface area contributed by atoms with E-state index < -0.39 is 4.92 Å². The lowest BCUT2D eigenvalue weighted by atomic mass is 10.1. The van der Waals surface area contributed by atoms with E-state index in [1.54, 1.807) is 12.1 Å². The molecule has 0 aromatic heterocycles. The van der Waals surface area contributed by atoms with Gasteiger partial charge in [-0.15, -0.1) is 0 Å². The fraction of sp³-hybridized carbons (Fsp3) is 0.462. The Morgan fingerprint density at radius 1 is 1.58 bits per heavy atom. The minimum Gasteiger partial charge on any atom is -0.366 e. The van der Waals surface area contributed by atoms with E-state index in [0.717, 1.165) is 31.7 Å². The number of nitrogens with one attached hydrogen (secondary N) is 1. The second-order valence-corrected chi connectivity index (χ2v) is 4.58. The van der Waals surface area contributed by atoms with Gasteiger partial charge >= 0.3 is 0 Å². The summed E-state index contributed by atoms with van der Waals surface area (Å²) in [7, 11) is 0. The Bertz CT molecular complexity index is 520. The van der Waals surface area contributed by atoms with Crippen LogP contribution in [0.15, 0.2) is 18.2 Å². The minimum atomic E-state index is -0.516. The predicted octanol–water partition coefficient (Wildman–Crippen LogP) is 1.65. The van der Waals surface area contributed by atoms with E-state index in [2.05, 4.69) is 17.1 Å². The maximum Gasteiger partial charge on any atom is 0.287 e. The highest BCUT2D eigenvalue weighted by Crippen LogP contribution is 2.26. The van der Waals surface area contributed by atoms with E-state index in [1.165, 1.54) is 6.07 Å². The Kier molecular flexibility index (Phi) is 3.97. The van der Waals surface area contributed by atoms with Gasteiger partial charge in [-0.05, 0) is 18.6 Å². The summed E-state index contributed by atoms with van der Waals surface area (Å²) in [6.07, 6.45) is 0.995. The lowest BCUT2D eigenvalue weighted by Gasteiger charge is -2.39. The van der Waals surface area contributed by atoms with E-state index in [9.17, 15) is 10.1 Å². The molecule has 0 bridgehead atoms. The van der Waals surface area contributed by atoms with Gasteiger partial charge in [0.15, 0.2) is 0 Å². The molecule has 1 N–H and O–H groups in total. The fourth-order valence-electron chi connectivity index (χ4n) is 2.21. The number of nitro benzene ring substituents is 1. The molecule has 0 atom stereocenters. The van der Waals surface area contributed by atoms with E-state index in [4.69, 9.17) is 5.26 Å². The van der Waals surface area contributed by atoms with Crippen LogP contribution in [0.25, 0.3) is 0 Å². The van der Waals surface area contributed by atoms with Gasteiger partial charge in [-0.2, -0.15) is 5.26 Å². The topological polar surface area (TPSA) is 82.2 Å². The van der Waals surface area contributed by atoms with Crippen molar-refractivity contribution in [3.8, 4) is 6.07 Å². The van der Waals surface area contributed by atoms with Crippen LogP contribution in [-0.4, -0.2) is 30.6 Å². The molecule has 2 rings (SSSR count). The molecular weight excluding hydrogens is 244 g/mol. The SMILES string of the molecule is CCCN(c1ccc([N+](=O)[O-])c(C#N)c1)C1CNC1. The molecule has 19 heavy (non-hydrogen) atoms. The number of rotatable bonds is 5. The first-order valence-electron chi connectivity index (χ1n) is 6.33. The summed E-state index contributed by atoms with van der Waals surface area (Å²) < 4.78 is 0. The predicted molar refractivity (Wildman–Crippen MR) is 72.1 cm³/mol. The third-order valence-electron chi connectivity index (χ3n) is 3.29. The van der Waals surface area contributed by atoms with Crippen LogP contribution in [0.4, 0.5) is 11.4 Å². The van der Waals surface area contributed by atoms with Crippen molar-refractivity contribution in [3.63, 3.8) is 0 Å². The number of hydrogen-bond acceptors (Lipinski definition) is 5. The Hall–Kier alpha value is -2.13. The van der Waals surface area contributed by atoms with Crippen LogP contribution in [-0.2, 0) is 0 Å². The number of nitriles is 1. The van der Waals surface area contributed by atoms with Gasteiger partial charge in [0, 0.05) is 31.4 Å². The van der Waals surface area contributed by atoms with Crippen LogP contribution in [0.5, 0.6) is 0 Å². The van der Waals surface area contributed by atoms with Crippen LogP contribution in [0.2, 0.25) is 0 Å². The maximum absolute atomic E-state index is 10.8. The van der Waals surface area contributed by atoms with Crippen LogP contribution in [0.1, 0.15) is 18.9 Å². The normalized spacial score (nSPS) is 14.5. The van der Waals surface area contributed by atoms with Crippen LogP contribution in [0, 0.1) is 21.4 Å². The van der Waals surface area contributed by atoms with Gasteiger partial charge < -0.3 is 10.2 Å². The molecule has 1 aliphatic heterocycles. The van der Waals surface area contributed by atoms with Crippen molar-refractivity contribution < 1.29 is 4.92 Å². The molecule has 0 amide bonds. The molecule has 0 unspecified atom stereocenters. The average Bonchev–Trinajstić information content (AvgIpc) is 2.35. The first kappa shape index (κ1) is 13.3. The summed E-state index contributed by atoms with van der Waals surface area (Å²) in [6, 6.07) is 7.08. The van der Waals surface area contributed by atoms with E-state index in [1.807, 2.05) is 6.07 Å². The first-order chi connectivity index (χ1) is 9.17. The van der Waals surface area contributed by atoms with E-state index in [-0.39, 0.29) is 11.3 Å². The molecule has 0 radical (unpaired) electrons. The maximum atomic E-state index is 10.8. The van der Waals surface area contributed by atoms with Crippen LogP contribution >= 0.6 is 0 Å². The Morgan fingerprint density at radius 3 is 2.79 bits per heavy atom. The fourth-order valence-corrected chi connectivity index (χ4v) is 2.21. The second kappa shape index (κ2) is 5.67. The van der Waals surface area contributed by atoms with Crippen LogP contribution in [0.3, 0.4) is 0 Å². The Balaban J connectivity index is 2.32. The van der Waals surface area contributed by atoms with Crippen molar-refractivity contribution in [2.75, 3.05) is 24.5 Å². The highest BCUT2D eigenvalue weighted by atomic mass is 16.6. The molecule has 1 fully saturated rings. The summed E-state index contributed by atoms with van der Waals surface area (Å²) in [4.78, 5) is 12.5. The highest BCUT2D eigenvalue weighted by molar-refractivity contribution is 5.60. The molecule has 0 aliphatic carbocycles. The summed E-state index contributed by atoms with van der Waals surface area (Å²) in [6.45, 7) is 4.81. The monoisotopic (exact) mass is 260 g/mol. The summed E-state index contributed by atoms with van der Waals surface area (Å²) in [5, 5.41) is 23.1. The zero-order valence-corrected chi connectivity index (χ0v) is 10.8. The van der Waals surface area contributed by atoms with Gasteiger partial charge in [-0.1, -0.05) is 6.92 Å². The molecule has 0 spiro atoms. The van der Waals surface area contributed by atoms with Crippen molar-refractivity contribution >= 4 is 11.4 Å². The molecule has 6 nitrogen and oxygen atoms in total. The third kappa shape index (κ3) is 2.66. The summed E-state index contributed by atoms with van der Waals surface area (Å²) >= 11 is 0. The molecule has 1 aliphatic rings. The van der Waals surface area contributed by atoms with Gasteiger partial charge in [0.25, 0.3) is 5.69 Å². The second-order valence-electron chi connectivity index (χ2n) is 4.58. The minimum absolute atomic E-state index is 0.121. The zero-order chi connectivity index (χ0) is 13.8. The van der Waals surface area contributed by atoms with Crippen molar-refractivity contribution in [2.45, 2.75) is 19.4 Å². The molecule has 1 heterocycles. The Morgan fingerprint density at radius 2 is 2.32 bits per heavy atom. The van der Waals surface area contributed by atoms with Gasteiger partial charge in [-0.3, -0.25) is 10.1 Å². The first-order valence-corrected chi connectivity index (χ1v) is 6.33. The Labute approximate surface area is 111 Å². The van der Waals surface area contributed by atoms with Gasteiger partial charge in [0.05, 0.1) is 11.0 Å². The molecule has 1 aromatic rings. The quantitative estimate of drug-likeness (QED) is 0.643. The average molecular weight is 260 g/mol. The van der Waals surface area contributed by atoms with Crippen molar-refractivity contribution in [1.82, 2.24) is 5.32 Å². The van der Waals surface area contributed by atoms with Crippen LogP contribution < -0.4 is 10.2 Å². The standard InChI is InChI=1S/C13H16N4O2/c1-2-5-16(12-8-15-9-12)11-3-4-13(17(18)19)10(6-11)7-14/h3-4,6,12,15H,2,5,8-9H2,1H3. The number of benzene rings is 1. The molecule has 1 aromatic carbocycles. The molecule has 0 saturated carbocycles. The zero-order valence-electron chi connectivity index (χ0n) is 10.8. The summed E-state index contributed by atoms with van der Waals surface area (Å²) in [5.41, 5.74) is 0.876. The molecule has 1 saturated heterocycles. The number of hydrogen-bond donors (Lipinski definition) is 1. The van der Waals surface area contributed by atoms with Crippen molar-refractivity contribution in [2.24, 2.45) is 0 Å². The lowest BCUT2D eigenvalue weighted by Crippen LogP contribution is -2.57. The largest absolute Gasteiger partial charge is 0.366 e. The smallest absolute Gasteiger partial charge is 0.287 e. The van der Waals surface area contributed by atoms with Crippen molar-refractivity contribution in [1.29, 1.82) is 5.26 Å². The number of nitro groups is 1.